The van der Waals surface area contributed by atoms with Gasteiger partial charge >= 0.3 is 0 Å². The van der Waals surface area contributed by atoms with Crippen LogP contribution in [-0.4, -0.2) is 103 Å². The third kappa shape index (κ3) is 11.7. The second kappa shape index (κ2) is 19.5. The normalized spacial score (nSPS) is 11.3. The number of benzene rings is 4. The Morgan fingerprint density at radius 3 is 2.25 bits per heavy atom. The molecule has 0 atom stereocenters. The van der Waals surface area contributed by atoms with Crippen molar-refractivity contribution in [1.29, 1.82) is 0 Å². The molecular weight excluding hydrogens is 741 g/mol. The standard InChI is InChI=1S/C40H50N6O7S2/c1-8-22-45(28-54-33-11-9-10-32(26-33)43(4)5)36-20-18-34(27-37(36)46(49)50)55(51,52)41-40(48)31-16-14-30(15-17-31)35-19-12-29(25-38(35)53-7)13-21-39(47)44(6)24-23-42(2)3/h9-12,14-20,25-27H,8,13,21-24,28H2,1-7H3,(H,41,48). The molecule has 0 saturated carbocycles. The number of methoxy groups -OCH3 is 1. The first-order chi connectivity index (χ1) is 26.1. The quantitative estimate of drug-likeness (QED) is 0.0489. The molecule has 0 aliphatic rings. The molecule has 294 valence electrons. The van der Waals surface area contributed by atoms with E-state index >= 15 is 0 Å². The summed E-state index contributed by atoms with van der Waals surface area (Å²) in [5, 5.41) is 12.2. The molecule has 4 aromatic rings. The van der Waals surface area contributed by atoms with Crippen molar-refractivity contribution in [2.45, 2.75) is 36.0 Å². The van der Waals surface area contributed by atoms with Crippen molar-refractivity contribution >= 4 is 50.7 Å². The van der Waals surface area contributed by atoms with Gasteiger partial charge in [-0.2, -0.15) is 0 Å². The van der Waals surface area contributed by atoms with E-state index in [4.69, 9.17) is 4.74 Å². The predicted octanol–water partition coefficient (Wildman–Crippen LogP) is 6.37. The number of hydrogen-bond donors (Lipinski definition) is 1. The highest BCUT2D eigenvalue weighted by Crippen LogP contribution is 2.35. The zero-order valence-corrected chi connectivity index (χ0v) is 34.1. The number of rotatable bonds is 19. The van der Waals surface area contributed by atoms with Gasteiger partial charge in [-0.05, 0) is 86.6 Å². The van der Waals surface area contributed by atoms with Gasteiger partial charge in [-0.15, -0.1) is 11.8 Å². The van der Waals surface area contributed by atoms with Crippen LogP contribution in [0.25, 0.3) is 11.1 Å². The van der Waals surface area contributed by atoms with Crippen molar-refractivity contribution in [2.75, 3.05) is 77.7 Å². The Bertz CT molecular complexity index is 2070. The van der Waals surface area contributed by atoms with Crippen LogP contribution in [0.1, 0.15) is 35.7 Å². The minimum Gasteiger partial charge on any atom is -0.496 e. The molecule has 0 heterocycles. The monoisotopic (exact) mass is 790 g/mol. The van der Waals surface area contributed by atoms with Gasteiger partial charge in [0, 0.05) is 75.0 Å². The van der Waals surface area contributed by atoms with Crippen LogP contribution in [0.15, 0.2) is 94.7 Å². The Morgan fingerprint density at radius 2 is 1.62 bits per heavy atom. The first-order valence-electron chi connectivity index (χ1n) is 17.8. The molecule has 0 saturated heterocycles. The van der Waals surface area contributed by atoms with Gasteiger partial charge in [0.1, 0.15) is 11.4 Å². The zero-order valence-electron chi connectivity index (χ0n) is 32.4. The van der Waals surface area contributed by atoms with Crippen molar-refractivity contribution in [3.05, 3.63) is 106 Å². The summed E-state index contributed by atoms with van der Waals surface area (Å²) in [6.07, 6.45) is 1.61. The molecule has 13 nitrogen and oxygen atoms in total. The van der Waals surface area contributed by atoms with E-state index in [2.05, 4.69) is 4.72 Å². The maximum absolute atomic E-state index is 13.4. The summed E-state index contributed by atoms with van der Waals surface area (Å²) in [4.78, 5) is 45.6. The number of carbonyl (C=O) groups excluding carboxylic acids is 2. The average molecular weight is 791 g/mol. The minimum absolute atomic E-state index is 0.0577. The topological polar surface area (TPSA) is 146 Å². The van der Waals surface area contributed by atoms with E-state index in [-0.39, 0.29) is 22.8 Å². The minimum atomic E-state index is -4.47. The maximum atomic E-state index is 13.4. The molecule has 0 aliphatic heterocycles. The smallest absolute Gasteiger partial charge is 0.293 e. The lowest BCUT2D eigenvalue weighted by molar-refractivity contribution is -0.384. The van der Waals surface area contributed by atoms with Gasteiger partial charge in [-0.25, -0.2) is 13.1 Å². The van der Waals surface area contributed by atoms with Gasteiger partial charge in [-0.1, -0.05) is 37.3 Å². The van der Waals surface area contributed by atoms with Crippen LogP contribution in [0, 0.1) is 10.1 Å². The first-order valence-corrected chi connectivity index (χ1v) is 20.3. The zero-order chi connectivity index (χ0) is 40.3. The van der Waals surface area contributed by atoms with Crippen LogP contribution in [0.3, 0.4) is 0 Å². The number of nitro groups is 1. The van der Waals surface area contributed by atoms with Crippen LogP contribution < -0.4 is 19.3 Å². The van der Waals surface area contributed by atoms with Crippen molar-refractivity contribution < 1.29 is 27.7 Å². The lowest BCUT2D eigenvalue weighted by Gasteiger charge is -2.24. The summed E-state index contributed by atoms with van der Waals surface area (Å²) in [5.74, 6) is 0.161. The van der Waals surface area contributed by atoms with Crippen LogP contribution in [0.2, 0.25) is 0 Å². The van der Waals surface area contributed by atoms with Gasteiger partial charge in [0.15, 0.2) is 0 Å². The fourth-order valence-electron chi connectivity index (χ4n) is 5.70. The van der Waals surface area contributed by atoms with Gasteiger partial charge in [-0.3, -0.25) is 19.7 Å². The number of carbonyl (C=O) groups is 2. The highest BCUT2D eigenvalue weighted by Gasteiger charge is 2.26. The molecule has 0 spiro atoms. The maximum Gasteiger partial charge on any atom is 0.293 e. The molecule has 55 heavy (non-hydrogen) atoms. The number of ether oxygens (including phenoxy) is 1. The number of likely N-dealkylation sites (N-methyl/N-ethyl adjacent to an activating group) is 2. The molecule has 0 bridgehead atoms. The van der Waals surface area contributed by atoms with E-state index in [9.17, 15) is 28.1 Å². The number of aryl methyl sites for hydroxylation is 1. The van der Waals surface area contributed by atoms with E-state index in [1.165, 1.54) is 36.0 Å². The van der Waals surface area contributed by atoms with Gasteiger partial charge in [0.2, 0.25) is 5.91 Å². The summed E-state index contributed by atoms with van der Waals surface area (Å²) in [6, 6.07) is 23.7. The molecular formula is C40H50N6O7S2. The van der Waals surface area contributed by atoms with Crippen LogP contribution in [0.5, 0.6) is 5.75 Å². The number of nitro benzene ring substituents is 1. The molecule has 1 N–H and O–H groups in total. The van der Waals surface area contributed by atoms with E-state index in [0.717, 1.165) is 39.9 Å². The van der Waals surface area contributed by atoms with Crippen LogP contribution in [0.4, 0.5) is 17.1 Å². The molecule has 0 aliphatic carbocycles. The predicted molar refractivity (Wildman–Crippen MR) is 220 cm³/mol. The Kier molecular flexibility index (Phi) is 15.1. The van der Waals surface area contributed by atoms with E-state index in [0.29, 0.717) is 44.0 Å². The van der Waals surface area contributed by atoms with E-state index in [1.807, 2.05) is 92.3 Å². The van der Waals surface area contributed by atoms with Crippen LogP contribution in [-0.2, 0) is 21.2 Å². The molecule has 0 unspecified atom stereocenters. The molecule has 0 fully saturated rings. The van der Waals surface area contributed by atoms with Crippen molar-refractivity contribution in [1.82, 2.24) is 14.5 Å². The third-order valence-corrected chi connectivity index (χ3v) is 11.3. The second-order valence-corrected chi connectivity index (χ2v) is 16.2. The van der Waals surface area contributed by atoms with Gasteiger partial charge < -0.3 is 24.3 Å². The largest absolute Gasteiger partial charge is 0.496 e. The van der Waals surface area contributed by atoms with Crippen molar-refractivity contribution in [3.8, 4) is 16.9 Å². The van der Waals surface area contributed by atoms with E-state index in [1.54, 1.807) is 31.2 Å². The molecule has 4 aromatic carbocycles. The fraction of sp³-hybridized carbons (Fsp3) is 0.350. The highest BCUT2D eigenvalue weighted by atomic mass is 32.2. The average Bonchev–Trinajstić information content (AvgIpc) is 3.17. The lowest BCUT2D eigenvalue weighted by atomic mass is 9.99. The SMILES string of the molecule is CCCN(CSc1cccc(N(C)C)c1)c1ccc(S(=O)(=O)NC(=O)c2ccc(-c3ccc(CCC(=O)N(C)CCN(C)C)cc3OC)cc2)cc1[N+](=O)[O-]. The van der Waals surface area contributed by atoms with Crippen LogP contribution >= 0.6 is 11.8 Å². The number of anilines is 2. The Labute approximate surface area is 328 Å². The Hall–Kier alpha value is -5.12. The number of nitrogens with one attached hydrogen (secondary N) is 1. The summed E-state index contributed by atoms with van der Waals surface area (Å²) < 4.78 is 34.4. The summed E-state index contributed by atoms with van der Waals surface area (Å²) >= 11 is 1.52. The number of nitrogens with zero attached hydrogens (tertiary/aromatic N) is 5. The molecule has 0 aromatic heterocycles. The first kappa shape index (κ1) is 42.6. The number of thioether (sulfide) groups is 1. The van der Waals surface area contributed by atoms with Crippen molar-refractivity contribution in [2.24, 2.45) is 0 Å². The summed E-state index contributed by atoms with van der Waals surface area (Å²) in [6.45, 7) is 3.90. The Morgan fingerprint density at radius 1 is 0.891 bits per heavy atom. The Balaban J connectivity index is 1.46. The summed E-state index contributed by atoms with van der Waals surface area (Å²) in [5.41, 5.74) is 3.43. The number of sulfonamides is 1. The second-order valence-electron chi connectivity index (χ2n) is 13.5. The number of amides is 2. The third-order valence-electron chi connectivity index (χ3n) is 8.90. The number of hydrogen-bond acceptors (Lipinski definition) is 11. The summed E-state index contributed by atoms with van der Waals surface area (Å²) in [7, 11) is 6.71. The lowest BCUT2D eigenvalue weighted by Crippen LogP contribution is -2.33. The molecule has 2 amide bonds. The van der Waals surface area contributed by atoms with Gasteiger partial charge in [0.05, 0.1) is 22.8 Å². The highest BCUT2D eigenvalue weighted by molar-refractivity contribution is 7.99. The van der Waals surface area contributed by atoms with E-state index < -0.39 is 25.7 Å². The molecule has 15 heteroatoms. The molecule has 4 rings (SSSR count). The van der Waals surface area contributed by atoms with Gasteiger partial charge in [0.25, 0.3) is 21.6 Å². The molecule has 0 radical (unpaired) electrons. The van der Waals surface area contributed by atoms with Crippen molar-refractivity contribution in [3.63, 3.8) is 0 Å². The fourth-order valence-corrected chi connectivity index (χ4v) is 7.65.